The minimum Gasteiger partial charge on any atom is -0.390 e. The first-order chi connectivity index (χ1) is 51.4. The third-order valence-corrected chi connectivity index (χ3v) is 39.8. The number of ether oxygens (including phenoxy) is 1. The van der Waals surface area contributed by atoms with E-state index < -0.39 is 90.9 Å². The summed E-state index contributed by atoms with van der Waals surface area (Å²) in [6.07, 6.45) is 9.25. The molecule has 0 bridgehead atoms. The van der Waals surface area contributed by atoms with E-state index in [2.05, 4.69) is 60.1 Å². The van der Waals surface area contributed by atoms with E-state index in [0.717, 1.165) is 126 Å². The van der Waals surface area contributed by atoms with Gasteiger partial charge in [0.15, 0.2) is 31.9 Å². The highest BCUT2D eigenvalue weighted by atomic mass is 32.2. The van der Waals surface area contributed by atoms with Crippen molar-refractivity contribution in [3.05, 3.63) is 60.7 Å². The number of epoxide rings is 1. The Kier molecular flexibility index (Phi) is 28.7. The SMILES string of the molecule is C.C.C.C[C@H](C(CC(O)C(F)(F)F)S(=O)(=O)c1ccccc1)[C@H]1CC[C@H]2[C@@H]3CC[C@H]4C[C@@](C)(O)CC[C@]4(C)[C@H]3CC[C@]12C.C[C@H](CCC(O)C(F)(F)F)[C@H]1CC[C@H]2[C@@H]3CC[C@H]4C[C@@](C)(O)CC[C@]4(C)[C@H]3CC[C@]12C.C[C@H](CS(=O)(=O)c1ccccc1)[C@H]1CC[C@H]2[C@@H]3CC[C@H]4C[C@@](C)(O)CC[C@]4(C)[C@H]3CC[C@]12C.FC(F)(F)C1CO1. The van der Waals surface area contributed by atoms with Crippen LogP contribution in [0.3, 0.4) is 0 Å². The van der Waals surface area contributed by atoms with E-state index >= 15 is 0 Å². The Balaban J connectivity index is 0.000000186. The summed E-state index contributed by atoms with van der Waals surface area (Å²) in [4.78, 5) is 0.490. The van der Waals surface area contributed by atoms with Crippen LogP contribution in [-0.4, -0.2) is 114 Å². The summed E-state index contributed by atoms with van der Waals surface area (Å²) < 4.78 is 170. The zero-order valence-corrected chi connectivity index (χ0v) is 70.2. The Hall–Kier alpha value is -2.53. The average molecular weight is 1660 g/mol. The van der Waals surface area contributed by atoms with Gasteiger partial charge in [0, 0.05) is 0 Å². The highest BCUT2D eigenvalue weighted by Crippen LogP contribution is 2.73. The first-order valence-corrected chi connectivity index (χ1v) is 46.5. The smallest absolute Gasteiger partial charge is 0.390 e. The predicted molar refractivity (Wildman–Crippen MR) is 435 cm³/mol. The van der Waals surface area contributed by atoms with Crippen molar-refractivity contribution in [2.45, 2.75) is 367 Å². The monoisotopic (exact) mass is 1660 g/mol. The molecular weight excluding hydrogens is 1510 g/mol. The van der Waals surface area contributed by atoms with E-state index in [1.54, 1.807) is 30.3 Å². The van der Waals surface area contributed by atoms with Gasteiger partial charge in [-0.2, -0.15) is 39.5 Å². The zero-order valence-electron chi connectivity index (χ0n) is 68.6. The minimum atomic E-state index is -4.87. The molecule has 0 radical (unpaired) electrons. The number of aliphatic hydroxyl groups is 5. The average Bonchev–Trinajstić information content (AvgIpc) is 0.924. The quantitative estimate of drug-likeness (QED) is 0.0902. The molecule has 0 aromatic heterocycles. The number of sulfone groups is 2. The van der Waals surface area contributed by atoms with Crippen molar-refractivity contribution in [1.82, 2.24) is 0 Å². The Morgan fingerprint density at radius 1 is 0.412 bits per heavy atom. The molecule has 1 aliphatic heterocycles. The summed E-state index contributed by atoms with van der Waals surface area (Å²) in [6, 6.07) is 16.8. The number of alkyl halides is 9. The van der Waals surface area contributed by atoms with Gasteiger partial charge in [-0.25, -0.2) is 16.8 Å². The van der Waals surface area contributed by atoms with E-state index in [1.807, 2.05) is 45.9 Å². The van der Waals surface area contributed by atoms with Crippen LogP contribution in [0.25, 0.3) is 0 Å². The number of halogens is 9. The van der Waals surface area contributed by atoms with E-state index in [9.17, 15) is 81.9 Å². The summed E-state index contributed by atoms with van der Waals surface area (Å²) in [5, 5.41) is 50.4. The van der Waals surface area contributed by atoms with Gasteiger partial charge in [-0.05, 0) is 377 Å². The van der Waals surface area contributed by atoms with Crippen LogP contribution in [0.2, 0.25) is 0 Å². The molecule has 13 fully saturated rings. The van der Waals surface area contributed by atoms with Gasteiger partial charge in [0.05, 0.1) is 44.2 Å². The number of rotatable bonds is 14. The molecule has 0 amide bonds. The van der Waals surface area contributed by atoms with Crippen molar-refractivity contribution in [2.75, 3.05) is 12.4 Å². The van der Waals surface area contributed by atoms with Crippen molar-refractivity contribution < 1.29 is 86.6 Å². The third-order valence-electron chi connectivity index (χ3n) is 35.5. The molecule has 1 saturated heterocycles. The van der Waals surface area contributed by atoms with Gasteiger partial charge < -0.3 is 30.3 Å². The molecule has 1 heterocycles. The lowest BCUT2D eigenvalue weighted by molar-refractivity contribution is -0.206. The van der Waals surface area contributed by atoms with Gasteiger partial charge in [0.25, 0.3) is 0 Å². The summed E-state index contributed by atoms with van der Waals surface area (Å²) >= 11 is 0. The highest BCUT2D eigenvalue weighted by Gasteiger charge is 2.66. The van der Waals surface area contributed by atoms with Crippen LogP contribution < -0.4 is 0 Å². The van der Waals surface area contributed by atoms with Crippen molar-refractivity contribution in [3.8, 4) is 0 Å². The summed E-state index contributed by atoms with van der Waals surface area (Å²) in [5.41, 5.74) is -0.283. The fourth-order valence-electron chi connectivity index (χ4n) is 29.4. The van der Waals surface area contributed by atoms with Crippen LogP contribution >= 0.6 is 0 Å². The van der Waals surface area contributed by atoms with Crippen LogP contribution in [0.15, 0.2) is 70.5 Å². The summed E-state index contributed by atoms with van der Waals surface area (Å²) in [7, 11) is -7.35. The predicted octanol–water partition coefficient (Wildman–Crippen LogP) is 23.3. The molecule has 2 aromatic carbocycles. The Labute approximate surface area is 681 Å². The molecule has 13 aliphatic rings. The molecule has 12 saturated carbocycles. The number of aliphatic hydroxyl groups excluding tert-OH is 2. The van der Waals surface area contributed by atoms with Gasteiger partial charge in [-0.15, -0.1) is 0 Å². The Morgan fingerprint density at radius 3 is 1.09 bits per heavy atom. The maximum absolute atomic E-state index is 13.8. The highest BCUT2D eigenvalue weighted by molar-refractivity contribution is 7.92. The maximum Gasteiger partial charge on any atom is 0.416 e. The second kappa shape index (κ2) is 34.3. The molecule has 31 atom stereocenters. The van der Waals surface area contributed by atoms with Gasteiger partial charge in [-0.1, -0.05) is 121 Å². The fraction of sp³-hybridized carbons (Fsp3) is 0.871. The molecule has 5 N–H and O–H groups in total. The van der Waals surface area contributed by atoms with Gasteiger partial charge in [-0.3, -0.25) is 0 Å². The van der Waals surface area contributed by atoms with Crippen molar-refractivity contribution >= 4 is 19.7 Å². The molecule has 656 valence electrons. The normalized spacial score (nSPS) is 43.6. The van der Waals surface area contributed by atoms with Crippen molar-refractivity contribution in [2.24, 2.45) is 139 Å². The minimum absolute atomic E-state index is 0. The molecule has 10 nitrogen and oxygen atoms in total. The van der Waals surface area contributed by atoms with Crippen LogP contribution in [-0.2, 0) is 24.4 Å². The van der Waals surface area contributed by atoms with Crippen LogP contribution in [0.1, 0.15) is 298 Å². The standard InChI is InChI=1S/C32H47F3O4S.C29H44O3S.C26H43F3O2.C3H3F3O.3CH4/c1-20(27(18-28(36)32(33,34)35)40(38,39)22-8-6-5-7-9-22)24-12-13-25-23-11-10-21-19-29(2,37)16-17-30(21,3)26(23)14-15-31(24,25)4;1-20(19-33(31,32)22-8-6-5-7-9-22)24-12-13-25-23-11-10-21-18-27(2,30)16-17-28(21,3)26(23)14-15-29(24,25)4;1-16(5-10-22(30)26(27,28)29)19-8-9-20-18-7-6-17-15-23(2,31)13-14-24(17,3)21(18)11-12-25(19,20)4;4-3(5,6)2-1-7-2;;;/h5-9,20-21,23-28,36-37H,10-19H2,1-4H3;5-9,20-21,23-26,30H,10-19H2,1-4H3;16-22,30-31H,5-15H2,1-4H3;2H,1H2;3*1H4/t20-,21-,23-,24+,25-,26-,27?,28?,29-,30-,31+;20-,21+,23+,24-,25+,26+,27+,28+,29-;16-,17+,18+,19-,20+,21+,22?,23+,24+,25-;;;;/m011..../s1. The molecule has 2 aromatic rings. The zero-order chi connectivity index (χ0) is 81.3. The number of hydrogen-bond donors (Lipinski definition) is 5. The van der Waals surface area contributed by atoms with E-state index in [0.29, 0.717) is 75.4 Å². The Morgan fingerprint density at radius 2 is 0.746 bits per heavy atom. The maximum atomic E-state index is 13.8. The van der Waals surface area contributed by atoms with Crippen LogP contribution in [0.5, 0.6) is 0 Å². The molecule has 12 aliphatic carbocycles. The first-order valence-electron chi connectivity index (χ1n) is 43.3. The summed E-state index contributed by atoms with van der Waals surface area (Å²) in [6.45, 7) is 26.7. The van der Waals surface area contributed by atoms with E-state index in [4.69, 9.17) is 0 Å². The Bertz CT molecular complexity index is 3720. The molecule has 0 spiro atoms. The van der Waals surface area contributed by atoms with E-state index in [1.165, 1.54) is 89.2 Å². The second-order valence-corrected chi connectivity index (χ2v) is 46.1. The first kappa shape index (κ1) is 95.3. The van der Waals surface area contributed by atoms with Crippen molar-refractivity contribution in [1.29, 1.82) is 0 Å². The fourth-order valence-corrected chi connectivity index (χ4v) is 33.1. The van der Waals surface area contributed by atoms with Gasteiger partial charge >= 0.3 is 18.5 Å². The molecule has 15 rings (SSSR count). The number of hydrogen-bond acceptors (Lipinski definition) is 10. The van der Waals surface area contributed by atoms with E-state index in [-0.39, 0.29) is 85.4 Å². The third kappa shape index (κ3) is 18.7. The molecule has 114 heavy (non-hydrogen) atoms. The van der Waals surface area contributed by atoms with Crippen molar-refractivity contribution in [3.63, 3.8) is 0 Å². The second-order valence-electron chi connectivity index (χ2n) is 41.9. The lowest BCUT2D eigenvalue weighted by atomic mass is 9.43. The lowest BCUT2D eigenvalue weighted by Crippen LogP contribution is -2.56. The largest absolute Gasteiger partial charge is 0.416 e. The van der Waals surface area contributed by atoms with Gasteiger partial charge in [0.2, 0.25) is 0 Å². The van der Waals surface area contributed by atoms with Gasteiger partial charge in [0.1, 0.15) is 6.10 Å². The molecular formula is C93H149F9O10S2. The number of fused-ring (bicyclic) bond motifs is 15. The molecule has 4 unspecified atom stereocenters. The topological polar surface area (TPSA) is 182 Å². The number of benzene rings is 2. The molecule has 21 heteroatoms. The van der Waals surface area contributed by atoms with Crippen LogP contribution in [0, 0.1) is 139 Å². The summed E-state index contributed by atoms with van der Waals surface area (Å²) in [5.74, 6) is 8.92. The lowest BCUT2D eigenvalue weighted by Gasteiger charge is -2.62. The van der Waals surface area contributed by atoms with Crippen LogP contribution in [0.4, 0.5) is 39.5 Å².